The third-order valence-electron chi connectivity index (χ3n) is 6.94. The van der Waals surface area contributed by atoms with Gasteiger partial charge < -0.3 is 14.6 Å². The number of rotatable bonds is 1. The molecule has 0 radical (unpaired) electrons. The van der Waals surface area contributed by atoms with Gasteiger partial charge in [-0.3, -0.25) is 9.69 Å². The minimum atomic E-state index is -4.73. The first-order chi connectivity index (χ1) is 13.6. The number of amides is 1. The molecule has 1 spiro atoms. The number of carbonyl (C=O) groups is 1. The number of fused-ring (bicyclic) bond motifs is 2. The zero-order chi connectivity index (χ0) is 20.8. The van der Waals surface area contributed by atoms with Crippen LogP contribution in [0.25, 0.3) is 0 Å². The monoisotopic (exact) mass is 408 g/mol. The standard InChI is InChI=1S/C20H19F3N2O4/c1-18-8-13(26)19(29-18)5-2-6-28-17-15(19)14(18)16(27)25(17)11-4-3-10(9-24)12(7-11)20(21,22)23/h3-4,7,13-15,17,26H,2,5-6,8H2,1H3/t13-,14+,15-,17-,18+,19-/m0/s1. The van der Waals surface area contributed by atoms with Crippen LogP contribution in [0.4, 0.5) is 18.9 Å². The fourth-order valence-corrected chi connectivity index (χ4v) is 5.90. The summed E-state index contributed by atoms with van der Waals surface area (Å²) in [6.45, 7) is 2.09. The molecule has 1 N–H and O–H groups in total. The highest BCUT2D eigenvalue weighted by Crippen LogP contribution is 2.64. The number of benzene rings is 1. The van der Waals surface area contributed by atoms with Crippen molar-refractivity contribution in [2.45, 2.75) is 55.9 Å². The number of carbonyl (C=O) groups excluding carboxylic acids is 1. The predicted molar refractivity (Wildman–Crippen MR) is 92.4 cm³/mol. The number of nitrogens with zero attached hydrogens (tertiary/aromatic N) is 2. The van der Waals surface area contributed by atoms with E-state index in [-0.39, 0.29) is 11.6 Å². The molecule has 2 bridgehead atoms. The predicted octanol–water partition coefficient (Wildman–Crippen LogP) is 2.58. The van der Waals surface area contributed by atoms with Crippen LogP contribution in [0.2, 0.25) is 0 Å². The first kappa shape index (κ1) is 18.9. The number of hydrogen-bond acceptors (Lipinski definition) is 5. The van der Waals surface area contributed by atoms with Crippen LogP contribution in [-0.2, 0) is 20.4 Å². The molecule has 1 amide bonds. The highest BCUT2D eigenvalue weighted by atomic mass is 19.4. The van der Waals surface area contributed by atoms with Gasteiger partial charge in [0.1, 0.15) is 11.8 Å². The maximum Gasteiger partial charge on any atom is 0.417 e. The topological polar surface area (TPSA) is 82.8 Å². The van der Waals surface area contributed by atoms with Crippen molar-refractivity contribution in [3.63, 3.8) is 0 Å². The van der Waals surface area contributed by atoms with E-state index in [1.807, 2.05) is 0 Å². The molecule has 0 aliphatic carbocycles. The van der Waals surface area contributed by atoms with Crippen LogP contribution in [0.15, 0.2) is 18.2 Å². The zero-order valence-corrected chi connectivity index (χ0v) is 15.6. The van der Waals surface area contributed by atoms with Crippen LogP contribution in [-0.4, -0.2) is 41.2 Å². The smallest absolute Gasteiger partial charge is 0.390 e. The van der Waals surface area contributed by atoms with Gasteiger partial charge in [0, 0.05) is 18.7 Å². The van der Waals surface area contributed by atoms with E-state index in [0.29, 0.717) is 25.9 Å². The van der Waals surface area contributed by atoms with Gasteiger partial charge in [-0.05, 0) is 38.0 Å². The molecular weight excluding hydrogens is 389 g/mol. The van der Waals surface area contributed by atoms with Crippen molar-refractivity contribution in [2.75, 3.05) is 11.5 Å². The Hall–Kier alpha value is -2.15. The maximum absolute atomic E-state index is 13.5. The number of hydrogen-bond donors (Lipinski definition) is 1. The SMILES string of the molecule is C[C@@]12C[C@H](O)[C@]3(CCCO[C@H]4[C@@H]3[C@@H]1C(=O)N4c1ccc(C#N)c(C(F)(F)F)c1)O2. The number of anilines is 1. The second kappa shape index (κ2) is 5.72. The first-order valence-corrected chi connectivity index (χ1v) is 9.57. The van der Waals surface area contributed by atoms with Gasteiger partial charge in [-0.2, -0.15) is 18.4 Å². The summed E-state index contributed by atoms with van der Waals surface area (Å²) in [4.78, 5) is 14.7. The summed E-state index contributed by atoms with van der Waals surface area (Å²) in [7, 11) is 0. The number of aliphatic hydroxyl groups excluding tert-OH is 1. The summed E-state index contributed by atoms with van der Waals surface area (Å²) in [5.41, 5.74) is -3.36. The lowest BCUT2D eigenvalue weighted by Gasteiger charge is -2.37. The number of halogens is 3. The molecule has 0 aromatic heterocycles. The molecule has 1 aromatic rings. The largest absolute Gasteiger partial charge is 0.417 e. The molecule has 4 aliphatic heterocycles. The van der Waals surface area contributed by atoms with Crippen LogP contribution in [0.3, 0.4) is 0 Å². The molecule has 4 aliphatic rings. The lowest BCUT2D eigenvalue weighted by Crippen LogP contribution is -2.51. The van der Waals surface area contributed by atoms with Crippen LogP contribution in [0, 0.1) is 23.2 Å². The summed E-state index contributed by atoms with van der Waals surface area (Å²) >= 11 is 0. The highest BCUT2D eigenvalue weighted by molar-refractivity contribution is 6.00. The van der Waals surface area contributed by atoms with Gasteiger partial charge in [0.15, 0.2) is 0 Å². The third kappa shape index (κ3) is 2.31. The molecule has 0 saturated carbocycles. The molecule has 0 unspecified atom stereocenters. The maximum atomic E-state index is 13.5. The molecule has 29 heavy (non-hydrogen) atoms. The molecule has 1 aromatic carbocycles. The fourth-order valence-electron chi connectivity index (χ4n) is 5.90. The van der Waals surface area contributed by atoms with Gasteiger partial charge in [-0.15, -0.1) is 0 Å². The highest BCUT2D eigenvalue weighted by Gasteiger charge is 2.77. The van der Waals surface area contributed by atoms with Gasteiger partial charge in [0.2, 0.25) is 5.91 Å². The van der Waals surface area contributed by atoms with E-state index in [2.05, 4.69) is 0 Å². The number of aliphatic hydroxyl groups is 1. The van der Waals surface area contributed by atoms with Crippen LogP contribution >= 0.6 is 0 Å². The average molecular weight is 408 g/mol. The Morgan fingerprint density at radius 2 is 2.14 bits per heavy atom. The Balaban J connectivity index is 1.64. The van der Waals surface area contributed by atoms with Gasteiger partial charge in [-0.1, -0.05) is 0 Å². The van der Waals surface area contributed by atoms with Crippen molar-refractivity contribution in [1.29, 1.82) is 5.26 Å². The molecule has 154 valence electrons. The third-order valence-corrected chi connectivity index (χ3v) is 6.94. The molecular formula is C20H19F3N2O4. The Morgan fingerprint density at radius 1 is 1.38 bits per heavy atom. The first-order valence-electron chi connectivity index (χ1n) is 9.57. The van der Waals surface area contributed by atoms with Crippen molar-refractivity contribution in [1.82, 2.24) is 0 Å². The van der Waals surface area contributed by atoms with Crippen molar-refractivity contribution >= 4 is 11.6 Å². The van der Waals surface area contributed by atoms with Crippen LogP contribution in [0.1, 0.15) is 37.3 Å². The number of alkyl halides is 3. The molecule has 4 fully saturated rings. The minimum absolute atomic E-state index is 0.0373. The molecule has 6 nitrogen and oxygen atoms in total. The molecule has 4 saturated heterocycles. The number of nitriles is 1. The average Bonchev–Trinajstić information content (AvgIpc) is 3.13. The van der Waals surface area contributed by atoms with E-state index < -0.39 is 52.7 Å². The van der Waals surface area contributed by atoms with E-state index in [4.69, 9.17) is 14.7 Å². The quantitative estimate of drug-likeness (QED) is 0.773. The van der Waals surface area contributed by atoms with E-state index in [1.54, 1.807) is 13.0 Å². The van der Waals surface area contributed by atoms with Gasteiger partial charge >= 0.3 is 6.18 Å². The fraction of sp³-hybridized carbons (Fsp3) is 0.600. The van der Waals surface area contributed by atoms with Gasteiger partial charge in [0.25, 0.3) is 0 Å². The van der Waals surface area contributed by atoms with E-state index >= 15 is 0 Å². The Kier molecular flexibility index (Phi) is 3.72. The molecule has 9 heteroatoms. The van der Waals surface area contributed by atoms with Crippen molar-refractivity contribution < 1.29 is 32.5 Å². The summed E-state index contributed by atoms with van der Waals surface area (Å²) in [6, 6.07) is 4.80. The van der Waals surface area contributed by atoms with Gasteiger partial charge in [0.05, 0.1) is 40.7 Å². The zero-order valence-electron chi connectivity index (χ0n) is 15.6. The normalized spacial score (nSPS) is 40.7. The second-order valence-electron chi connectivity index (χ2n) is 8.51. The summed E-state index contributed by atoms with van der Waals surface area (Å²) in [5.74, 6) is -1.42. The molecule has 4 heterocycles. The Bertz CT molecular complexity index is 945. The van der Waals surface area contributed by atoms with Crippen LogP contribution in [0.5, 0.6) is 0 Å². The van der Waals surface area contributed by atoms with Crippen molar-refractivity contribution in [3.05, 3.63) is 29.3 Å². The number of ether oxygens (including phenoxy) is 2. The van der Waals surface area contributed by atoms with Crippen LogP contribution < -0.4 is 4.90 Å². The second-order valence-corrected chi connectivity index (χ2v) is 8.51. The van der Waals surface area contributed by atoms with Crippen molar-refractivity contribution in [2.24, 2.45) is 11.8 Å². The minimum Gasteiger partial charge on any atom is -0.390 e. The van der Waals surface area contributed by atoms with E-state index in [9.17, 15) is 23.1 Å². The van der Waals surface area contributed by atoms with Crippen molar-refractivity contribution in [3.8, 4) is 6.07 Å². The lowest BCUT2D eigenvalue weighted by atomic mass is 9.65. The van der Waals surface area contributed by atoms with Gasteiger partial charge in [-0.25, -0.2) is 0 Å². The van der Waals surface area contributed by atoms with E-state index in [0.717, 1.165) is 12.1 Å². The summed E-state index contributed by atoms with van der Waals surface area (Å²) in [5, 5.41) is 19.8. The van der Waals surface area contributed by atoms with E-state index in [1.165, 1.54) is 11.0 Å². The Morgan fingerprint density at radius 3 is 2.83 bits per heavy atom. The Labute approximate surface area is 164 Å². The summed E-state index contributed by atoms with van der Waals surface area (Å²) < 4.78 is 52.5. The molecule has 5 rings (SSSR count). The summed E-state index contributed by atoms with van der Waals surface area (Å²) in [6.07, 6.45) is -4.84. The molecule has 6 atom stereocenters. The lowest BCUT2D eigenvalue weighted by molar-refractivity contribution is -0.138.